The normalized spacial score (nSPS) is 12.2. The highest BCUT2D eigenvalue weighted by molar-refractivity contribution is 5.41. The Hall–Kier alpha value is -1.40. The number of hydrogen-bond acceptors (Lipinski definition) is 6. The van der Waals surface area contributed by atoms with Gasteiger partial charge in [0.05, 0.1) is 6.61 Å². The Morgan fingerprint density at radius 1 is 1.50 bits per heavy atom. The fraction of sp³-hybridized carbons (Fsp3) is 0.600. The van der Waals surface area contributed by atoms with Crippen molar-refractivity contribution in [2.75, 3.05) is 31.0 Å². The molecular formula is C10H19N5O. The zero-order valence-electron chi connectivity index (χ0n) is 9.95. The van der Waals surface area contributed by atoms with E-state index in [9.17, 15) is 0 Å². The molecule has 0 spiro atoms. The minimum absolute atomic E-state index is 0.418. The lowest BCUT2D eigenvalue weighted by atomic mass is 10.2. The number of nitrogen functional groups attached to an aromatic ring is 1. The fourth-order valence-corrected chi connectivity index (χ4v) is 1.35. The Kier molecular flexibility index (Phi) is 4.94. The first kappa shape index (κ1) is 12.7. The number of nitrogens with one attached hydrogen (secondary N) is 2. The lowest BCUT2D eigenvalue weighted by Crippen LogP contribution is -2.18. The number of anilines is 2. The molecule has 0 amide bonds. The van der Waals surface area contributed by atoms with Gasteiger partial charge in [0.15, 0.2) is 0 Å². The second-order valence-electron chi connectivity index (χ2n) is 3.80. The van der Waals surface area contributed by atoms with Crippen LogP contribution in [-0.2, 0) is 4.74 Å². The smallest absolute Gasteiger partial charge is 0.239 e. The number of ether oxygens (including phenoxy) is 1. The predicted molar refractivity (Wildman–Crippen MR) is 64.1 cm³/mol. The highest BCUT2D eigenvalue weighted by Crippen LogP contribution is 2.09. The van der Waals surface area contributed by atoms with E-state index in [0.717, 1.165) is 24.7 Å². The van der Waals surface area contributed by atoms with Crippen molar-refractivity contribution in [3.63, 3.8) is 0 Å². The van der Waals surface area contributed by atoms with Gasteiger partial charge in [-0.05, 0) is 12.8 Å². The zero-order chi connectivity index (χ0) is 12.0. The molecule has 0 aliphatic rings. The van der Waals surface area contributed by atoms with Gasteiger partial charge >= 0.3 is 0 Å². The molecule has 0 saturated carbocycles. The van der Waals surface area contributed by atoms with Crippen molar-refractivity contribution in [3.05, 3.63) is 11.8 Å². The van der Waals surface area contributed by atoms with Crippen molar-refractivity contribution in [2.45, 2.75) is 13.8 Å². The molecule has 1 unspecified atom stereocenters. The van der Waals surface area contributed by atoms with Gasteiger partial charge in [-0.2, -0.15) is 4.98 Å². The fourth-order valence-electron chi connectivity index (χ4n) is 1.35. The molecule has 1 aromatic rings. The van der Waals surface area contributed by atoms with Crippen LogP contribution in [0.5, 0.6) is 0 Å². The van der Waals surface area contributed by atoms with E-state index in [2.05, 4.69) is 27.6 Å². The Morgan fingerprint density at radius 3 is 2.88 bits per heavy atom. The van der Waals surface area contributed by atoms with Crippen molar-refractivity contribution in [2.24, 2.45) is 11.8 Å². The van der Waals surface area contributed by atoms with Crippen LogP contribution in [0.25, 0.3) is 0 Å². The van der Waals surface area contributed by atoms with Gasteiger partial charge in [0, 0.05) is 25.4 Å². The molecular weight excluding hydrogens is 206 g/mol. The van der Waals surface area contributed by atoms with Crippen LogP contribution < -0.4 is 16.6 Å². The Morgan fingerprint density at radius 2 is 2.25 bits per heavy atom. The molecule has 16 heavy (non-hydrogen) atoms. The number of nitrogens with zero attached hydrogens (tertiary/aromatic N) is 2. The van der Waals surface area contributed by atoms with Crippen LogP contribution >= 0.6 is 0 Å². The minimum atomic E-state index is 0.418. The lowest BCUT2D eigenvalue weighted by molar-refractivity contribution is 0.164. The Bertz CT molecular complexity index is 331. The van der Waals surface area contributed by atoms with E-state index in [1.807, 2.05) is 13.0 Å². The van der Waals surface area contributed by atoms with E-state index >= 15 is 0 Å². The molecule has 1 aromatic heterocycles. The van der Waals surface area contributed by atoms with E-state index < -0.39 is 0 Å². The summed E-state index contributed by atoms with van der Waals surface area (Å²) in [5, 5.41) is 3.22. The van der Waals surface area contributed by atoms with Crippen LogP contribution in [0, 0.1) is 12.8 Å². The van der Waals surface area contributed by atoms with Crippen molar-refractivity contribution in [3.8, 4) is 0 Å². The van der Waals surface area contributed by atoms with Crippen LogP contribution in [0.4, 0.5) is 11.8 Å². The van der Waals surface area contributed by atoms with Crippen molar-refractivity contribution in [1.82, 2.24) is 9.97 Å². The van der Waals surface area contributed by atoms with Gasteiger partial charge in [-0.3, -0.25) is 5.43 Å². The molecule has 4 N–H and O–H groups in total. The molecule has 1 atom stereocenters. The van der Waals surface area contributed by atoms with Crippen LogP contribution in [0.2, 0.25) is 0 Å². The van der Waals surface area contributed by atoms with Gasteiger partial charge in [0.25, 0.3) is 0 Å². The number of hydrogen-bond donors (Lipinski definition) is 3. The first-order valence-corrected chi connectivity index (χ1v) is 5.20. The SMILES string of the molecule is COCC(C)CNc1cc(C)nc(NN)n1. The second-order valence-corrected chi connectivity index (χ2v) is 3.80. The molecule has 0 saturated heterocycles. The average Bonchev–Trinajstić information content (AvgIpc) is 2.26. The second kappa shape index (κ2) is 6.24. The summed E-state index contributed by atoms with van der Waals surface area (Å²) in [6, 6.07) is 1.88. The predicted octanol–water partition coefficient (Wildman–Crippen LogP) is 0.765. The monoisotopic (exact) mass is 225 g/mol. The maximum atomic E-state index is 5.27. The van der Waals surface area contributed by atoms with Gasteiger partial charge in [-0.1, -0.05) is 6.92 Å². The number of aromatic nitrogens is 2. The van der Waals surface area contributed by atoms with Crippen molar-refractivity contribution < 1.29 is 4.74 Å². The van der Waals surface area contributed by atoms with Gasteiger partial charge in [-0.25, -0.2) is 10.8 Å². The Balaban J connectivity index is 2.56. The first-order chi connectivity index (χ1) is 7.65. The molecule has 1 heterocycles. The van der Waals surface area contributed by atoms with Gasteiger partial charge in [0.1, 0.15) is 5.82 Å². The van der Waals surface area contributed by atoms with E-state index in [-0.39, 0.29) is 0 Å². The topological polar surface area (TPSA) is 85.1 Å². The van der Waals surface area contributed by atoms with E-state index in [1.165, 1.54) is 0 Å². The van der Waals surface area contributed by atoms with Gasteiger partial charge < -0.3 is 10.1 Å². The number of methoxy groups -OCH3 is 1. The van der Waals surface area contributed by atoms with Crippen molar-refractivity contribution >= 4 is 11.8 Å². The van der Waals surface area contributed by atoms with E-state index in [0.29, 0.717) is 11.9 Å². The van der Waals surface area contributed by atoms with E-state index in [4.69, 9.17) is 10.6 Å². The molecule has 6 heteroatoms. The number of rotatable bonds is 6. The quantitative estimate of drug-likeness (QED) is 0.489. The summed E-state index contributed by atoms with van der Waals surface area (Å²) in [6.45, 7) is 5.52. The third kappa shape index (κ3) is 4.00. The average molecular weight is 225 g/mol. The lowest BCUT2D eigenvalue weighted by Gasteiger charge is -2.12. The molecule has 0 bridgehead atoms. The molecule has 90 valence electrons. The highest BCUT2D eigenvalue weighted by Gasteiger charge is 2.04. The molecule has 0 aliphatic heterocycles. The standard InChI is InChI=1S/C10H19N5O/c1-7(6-16-3)5-12-9-4-8(2)13-10(14-9)15-11/h4,7H,5-6,11H2,1-3H3,(H2,12,13,14,15). The summed E-state index contributed by atoms with van der Waals surface area (Å²) in [6.07, 6.45) is 0. The summed E-state index contributed by atoms with van der Waals surface area (Å²) in [5.74, 6) is 6.88. The summed E-state index contributed by atoms with van der Waals surface area (Å²) >= 11 is 0. The maximum Gasteiger partial charge on any atom is 0.239 e. The third-order valence-electron chi connectivity index (χ3n) is 2.07. The molecule has 0 radical (unpaired) electrons. The third-order valence-corrected chi connectivity index (χ3v) is 2.07. The minimum Gasteiger partial charge on any atom is -0.384 e. The van der Waals surface area contributed by atoms with Crippen LogP contribution in [0.15, 0.2) is 6.07 Å². The van der Waals surface area contributed by atoms with Crippen LogP contribution in [-0.4, -0.2) is 30.2 Å². The number of nitrogens with two attached hydrogens (primary N) is 1. The zero-order valence-corrected chi connectivity index (χ0v) is 9.95. The van der Waals surface area contributed by atoms with Crippen LogP contribution in [0.3, 0.4) is 0 Å². The van der Waals surface area contributed by atoms with Crippen molar-refractivity contribution in [1.29, 1.82) is 0 Å². The summed E-state index contributed by atoms with van der Waals surface area (Å²) in [5.41, 5.74) is 3.30. The van der Waals surface area contributed by atoms with Gasteiger partial charge in [0.2, 0.25) is 5.95 Å². The van der Waals surface area contributed by atoms with Crippen LogP contribution in [0.1, 0.15) is 12.6 Å². The summed E-state index contributed by atoms with van der Waals surface area (Å²) < 4.78 is 5.06. The molecule has 0 aliphatic carbocycles. The maximum absolute atomic E-state index is 5.27. The molecule has 0 fully saturated rings. The molecule has 0 aromatic carbocycles. The Labute approximate surface area is 95.6 Å². The van der Waals surface area contributed by atoms with E-state index in [1.54, 1.807) is 7.11 Å². The first-order valence-electron chi connectivity index (χ1n) is 5.20. The molecule has 1 rings (SSSR count). The summed E-state index contributed by atoms with van der Waals surface area (Å²) in [7, 11) is 1.70. The number of hydrazine groups is 1. The summed E-state index contributed by atoms with van der Waals surface area (Å²) in [4.78, 5) is 8.29. The van der Waals surface area contributed by atoms with Gasteiger partial charge in [-0.15, -0.1) is 0 Å². The largest absolute Gasteiger partial charge is 0.384 e. The highest BCUT2D eigenvalue weighted by atomic mass is 16.5. The number of aryl methyl sites for hydroxylation is 1. The molecule has 6 nitrogen and oxygen atoms in total.